The summed E-state index contributed by atoms with van der Waals surface area (Å²) in [7, 11) is 0. The van der Waals surface area contributed by atoms with Gasteiger partial charge in [-0.1, -0.05) is 23.2 Å². The van der Waals surface area contributed by atoms with E-state index in [4.69, 9.17) is 32.7 Å². The van der Waals surface area contributed by atoms with Crippen molar-refractivity contribution in [1.82, 2.24) is 0 Å². The molecule has 1 unspecified atom stereocenters. The molecule has 2 rings (SSSR count). The summed E-state index contributed by atoms with van der Waals surface area (Å²) in [6.45, 7) is 3.22. The quantitative estimate of drug-likeness (QED) is 0.748. The fourth-order valence-corrected chi connectivity index (χ4v) is 1.87. The maximum Gasteiger partial charge on any atom is 0.156 e. The summed E-state index contributed by atoms with van der Waals surface area (Å²) in [6.07, 6.45) is 0.212. The number of ether oxygens (including phenoxy) is 2. The van der Waals surface area contributed by atoms with E-state index in [0.29, 0.717) is 22.4 Å². The van der Waals surface area contributed by atoms with E-state index in [2.05, 4.69) is 0 Å². The molecule has 76 valence electrons. The largest absolute Gasteiger partial charge is 0.488 e. The van der Waals surface area contributed by atoms with Crippen LogP contribution in [0, 0.1) is 6.92 Å². The Morgan fingerprint density at radius 3 is 2.50 bits per heavy atom. The van der Waals surface area contributed by atoms with E-state index in [1.165, 1.54) is 0 Å². The van der Waals surface area contributed by atoms with Gasteiger partial charge >= 0.3 is 0 Å². The second kappa shape index (κ2) is 3.97. The van der Waals surface area contributed by atoms with Crippen LogP contribution in [0.15, 0.2) is 12.1 Å². The molecule has 14 heavy (non-hydrogen) atoms. The first-order valence-corrected chi connectivity index (χ1v) is 5.12. The summed E-state index contributed by atoms with van der Waals surface area (Å²) in [6, 6.07) is 3.66. The van der Waals surface area contributed by atoms with Crippen molar-refractivity contribution in [2.24, 2.45) is 0 Å². The second-order valence-corrected chi connectivity index (χ2v) is 4.14. The first kappa shape index (κ1) is 10.1. The minimum absolute atomic E-state index is 0.212. The van der Waals surface area contributed by atoms with Gasteiger partial charge in [0.2, 0.25) is 0 Å². The first-order valence-electron chi connectivity index (χ1n) is 4.37. The molecule has 0 spiro atoms. The minimum Gasteiger partial charge on any atom is -0.488 e. The topological polar surface area (TPSA) is 21.8 Å². The van der Waals surface area contributed by atoms with E-state index in [0.717, 1.165) is 12.2 Å². The van der Waals surface area contributed by atoms with Gasteiger partial charge in [0.1, 0.15) is 12.7 Å². The summed E-state index contributed by atoms with van der Waals surface area (Å²) in [5.74, 6) is 0.550. The highest BCUT2D eigenvalue weighted by Gasteiger charge is 2.24. The molecule has 0 radical (unpaired) electrons. The maximum absolute atomic E-state index is 5.99. The van der Waals surface area contributed by atoms with Gasteiger partial charge in [0, 0.05) is 0 Å². The van der Waals surface area contributed by atoms with E-state index < -0.39 is 0 Å². The van der Waals surface area contributed by atoms with E-state index in [1.54, 1.807) is 0 Å². The van der Waals surface area contributed by atoms with Crippen molar-refractivity contribution in [2.75, 3.05) is 13.2 Å². The molecule has 0 saturated carbocycles. The molecule has 0 amide bonds. The van der Waals surface area contributed by atoms with Crippen molar-refractivity contribution in [3.8, 4) is 5.75 Å². The predicted molar refractivity (Wildman–Crippen MR) is 56.4 cm³/mol. The molecule has 4 heteroatoms. The van der Waals surface area contributed by atoms with Crippen LogP contribution in [0.5, 0.6) is 5.75 Å². The van der Waals surface area contributed by atoms with Crippen LogP contribution in [0.25, 0.3) is 0 Å². The van der Waals surface area contributed by atoms with Gasteiger partial charge in [-0.05, 0) is 24.6 Å². The third-order valence-corrected chi connectivity index (χ3v) is 2.52. The molecule has 1 aliphatic rings. The van der Waals surface area contributed by atoms with Gasteiger partial charge in [0.25, 0.3) is 0 Å². The molecular formula is C10H10Cl2O2. The van der Waals surface area contributed by atoms with Crippen molar-refractivity contribution < 1.29 is 9.47 Å². The van der Waals surface area contributed by atoms with Crippen LogP contribution in [0.4, 0.5) is 0 Å². The highest BCUT2D eigenvalue weighted by molar-refractivity contribution is 6.37. The van der Waals surface area contributed by atoms with Crippen molar-refractivity contribution in [2.45, 2.75) is 13.0 Å². The Labute approximate surface area is 92.7 Å². The van der Waals surface area contributed by atoms with Crippen molar-refractivity contribution >= 4 is 23.2 Å². The molecule has 1 saturated heterocycles. The molecule has 0 N–H and O–H groups in total. The van der Waals surface area contributed by atoms with Crippen LogP contribution in [0.2, 0.25) is 10.0 Å². The number of hydrogen-bond acceptors (Lipinski definition) is 2. The van der Waals surface area contributed by atoms with Crippen molar-refractivity contribution in [3.63, 3.8) is 0 Å². The molecule has 2 nitrogen and oxygen atoms in total. The lowest BCUT2D eigenvalue weighted by Crippen LogP contribution is -2.04. The van der Waals surface area contributed by atoms with E-state index >= 15 is 0 Å². The Bertz CT molecular complexity index is 325. The average molecular weight is 233 g/mol. The number of halogens is 2. The molecule has 1 aromatic carbocycles. The SMILES string of the molecule is Cc1cc(Cl)c(OCC2CO2)c(Cl)c1. The molecule has 0 bridgehead atoms. The standard InChI is InChI=1S/C10H10Cl2O2/c1-6-2-8(11)10(9(12)3-6)14-5-7-4-13-7/h2-3,7H,4-5H2,1H3. The number of epoxide rings is 1. The lowest BCUT2D eigenvalue weighted by Gasteiger charge is -2.09. The fourth-order valence-electron chi connectivity index (χ4n) is 1.17. The lowest BCUT2D eigenvalue weighted by molar-refractivity contribution is 0.263. The minimum atomic E-state index is 0.212. The molecular weight excluding hydrogens is 223 g/mol. The summed E-state index contributed by atoms with van der Waals surface area (Å²) < 4.78 is 10.5. The average Bonchev–Trinajstić information content (AvgIpc) is 2.85. The zero-order valence-electron chi connectivity index (χ0n) is 7.72. The van der Waals surface area contributed by atoms with Gasteiger partial charge in [-0.3, -0.25) is 0 Å². The highest BCUT2D eigenvalue weighted by Crippen LogP contribution is 2.34. The molecule has 1 aromatic rings. The van der Waals surface area contributed by atoms with Crippen LogP contribution >= 0.6 is 23.2 Å². The number of aryl methyl sites for hydroxylation is 1. The van der Waals surface area contributed by atoms with E-state index in [1.807, 2.05) is 19.1 Å². The molecule has 1 atom stereocenters. The van der Waals surface area contributed by atoms with Gasteiger partial charge in [-0.25, -0.2) is 0 Å². The molecule has 1 aliphatic heterocycles. The normalized spacial score (nSPS) is 19.5. The van der Waals surface area contributed by atoms with Gasteiger partial charge < -0.3 is 9.47 Å². The zero-order chi connectivity index (χ0) is 10.1. The van der Waals surface area contributed by atoms with Gasteiger partial charge in [-0.2, -0.15) is 0 Å². The van der Waals surface area contributed by atoms with Gasteiger partial charge in [0.15, 0.2) is 5.75 Å². The molecule has 0 aromatic heterocycles. The summed E-state index contributed by atoms with van der Waals surface area (Å²) >= 11 is 12.0. The number of rotatable bonds is 3. The van der Waals surface area contributed by atoms with Crippen LogP contribution in [0.3, 0.4) is 0 Å². The monoisotopic (exact) mass is 232 g/mol. The van der Waals surface area contributed by atoms with Crippen molar-refractivity contribution in [1.29, 1.82) is 0 Å². The number of benzene rings is 1. The summed E-state index contributed by atoms with van der Waals surface area (Å²) in [4.78, 5) is 0. The molecule has 1 heterocycles. The van der Waals surface area contributed by atoms with Gasteiger partial charge in [-0.15, -0.1) is 0 Å². The van der Waals surface area contributed by atoms with E-state index in [9.17, 15) is 0 Å². The lowest BCUT2D eigenvalue weighted by atomic mass is 10.2. The maximum atomic E-state index is 5.99. The molecule has 1 fully saturated rings. The Morgan fingerprint density at radius 2 is 2.00 bits per heavy atom. The van der Waals surface area contributed by atoms with Crippen LogP contribution in [-0.2, 0) is 4.74 Å². The third kappa shape index (κ3) is 2.32. The van der Waals surface area contributed by atoms with Crippen LogP contribution < -0.4 is 4.74 Å². The summed E-state index contributed by atoms with van der Waals surface area (Å²) in [5, 5.41) is 1.10. The molecule has 0 aliphatic carbocycles. The second-order valence-electron chi connectivity index (χ2n) is 3.32. The smallest absolute Gasteiger partial charge is 0.156 e. The third-order valence-electron chi connectivity index (χ3n) is 1.96. The predicted octanol–water partition coefficient (Wildman–Crippen LogP) is 3.08. The number of hydrogen-bond donors (Lipinski definition) is 0. The van der Waals surface area contributed by atoms with Gasteiger partial charge in [0.05, 0.1) is 16.7 Å². The Kier molecular flexibility index (Phi) is 2.86. The summed E-state index contributed by atoms with van der Waals surface area (Å²) in [5.41, 5.74) is 1.02. The van der Waals surface area contributed by atoms with E-state index in [-0.39, 0.29) is 6.10 Å². The van der Waals surface area contributed by atoms with Crippen LogP contribution in [-0.4, -0.2) is 19.3 Å². The zero-order valence-corrected chi connectivity index (χ0v) is 9.23. The Hall–Kier alpha value is -0.440. The Morgan fingerprint density at radius 1 is 1.43 bits per heavy atom. The Balaban J connectivity index is 2.13. The first-order chi connectivity index (χ1) is 6.66. The van der Waals surface area contributed by atoms with Crippen LogP contribution in [0.1, 0.15) is 5.56 Å². The highest BCUT2D eigenvalue weighted by atomic mass is 35.5. The van der Waals surface area contributed by atoms with Crippen molar-refractivity contribution in [3.05, 3.63) is 27.7 Å². The fraction of sp³-hybridized carbons (Fsp3) is 0.400.